The average molecular weight is 308 g/mol. The molecule has 0 unspecified atom stereocenters. The van der Waals surface area contributed by atoms with E-state index in [1.165, 1.54) is 13.0 Å². The Morgan fingerprint density at radius 2 is 1.59 bits per heavy atom. The molecule has 0 saturated carbocycles. The number of carbonyl (C=O) groups excluding carboxylic acids is 2. The van der Waals surface area contributed by atoms with E-state index in [9.17, 15) is 22.8 Å². The van der Waals surface area contributed by atoms with Crippen LogP contribution in [0.15, 0.2) is 36.4 Å². The van der Waals surface area contributed by atoms with E-state index in [0.717, 1.165) is 30.3 Å². The van der Waals surface area contributed by atoms with Crippen molar-refractivity contribution < 1.29 is 22.8 Å². The van der Waals surface area contributed by atoms with Gasteiger partial charge in [0, 0.05) is 18.7 Å². The van der Waals surface area contributed by atoms with E-state index >= 15 is 0 Å². The smallest absolute Gasteiger partial charge is 0.258 e. The minimum absolute atomic E-state index is 0.207. The molecule has 2 aromatic carbocycles. The molecule has 0 spiro atoms. The van der Waals surface area contributed by atoms with Gasteiger partial charge in [-0.25, -0.2) is 13.2 Å². The van der Waals surface area contributed by atoms with Crippen molar-refractivity contribution in [2.24, 2.45) is 0 Å². The van der Waals surface area contributed by atoms with Crippen molar-refractivity contribution in [1.29, 1.82) is 0 Å². The van der Waals surface area contributed by atoms with Crippen molar-refractivity contribution in [3.63, 3.8) is 0 Å². The van der Waals surface area contributed by atoms with Gasteiger partial charge >= 0.3 is 0 Å². The van der Waals surface area contributed by atoms with Gasteiger partial charge in [-0.2, -0.15) is 0 Å². The van der Waals surface area contributed by atoms with Crippen LogP contribution in [0.25, 0.3) is 0 Å². The lowest BCUT2D eigenvalue weighted by atomic mass is 10.1. The van der Waals surface area contributed by atoms with Gasteiger partial charge in [0.1, 0.15) is 17.5 Å². The van der Waals surface area contributed by atoms with Crippen molar-refractivity contribution in [2.45, 2.75) is 6.92 Å². The van der Waals surface area contributed by atoms with Gasteiger partial charge in [0.25, 0.3) is 5.91 Å². The lowest BCUT2D eigenvalue weighted by molar-refractivity contribution is -0.114. The summed E-state index contributed by atoms with van der Waals surface area (Å²) in [5.41, 5.74) is -0.608. The summed E-state index contributed by atoms with van der Waals surface area (Å²) in [7, 11) is 0. The van der Waals surface area contributed by atoms with Crippen LogP contribution in [0.1, 0.15) is 17.3 Å². The third-order valence-electron chi connectivity index (χ3n) is 2.71. The van der Waals surface area contributed by atoms with Crippen molar-refractivity contribution in [1.82, 2.24) is 0 Å². The topological polar surface area (TPSA) is 58.2 Å². The van der Waals surface area contributed by atoms with Crippen LogP contribution in [-0.4, -0.2) is 11.8 Å². The molecule has 114 valence electrons. The number of halogens is 3. The first-order chi connectivity index (χ1) is 10.4. The fourth-order valence-corrected chi connectivity index (χ4v) is 1.76. The molecule has 2 rings (SSSR count). The SMILES string of the molecule is CC(=O)Nc1ccc(F)c(C(=O)Nc2cc(F)ccc2F)c1. The zero-order valence-corrected chi connectivity index (χ0v) is 11.4. The highest BCUT2D eigenvalue weighted by molar-refractivity contribution is 6.05. The third-order valence-corrected chi connectivity index (χ3v) is 2.71. The van der Waals surface area contributed by atoms with E-state index in [0.29, 0.717) is 0 Å². The van der Waals surface area contributed by atoms with Gasteiger partial charge in [-0.05, 0) is 30.3 Å². The molecular weight excluding hydrogens is 297 g/mol. The monoisotopic (exact) mass is 308 g/mol. The van der Waals surface area contributed by atoms with Gasteiger partial charge in [0.2, 0.25) is 5.91 Å². The number of rotatable bonds is 3. The number of amides is 2. The maximum absolute atomic E-state index is 13.7. The Morgan fingerprint density at radius 3 is 2.27 bits per heavy atom. The number of anilines is 2. The largest absolute Gasteiger partial charge is 0.326 e. The van der Waals surface area contributed by atoms with E-state index < -0.39 is 40.5 Å². The summed E-state index contributed by atoms with van der Waals surface area (Å²) < 4.78 is 40.2. The Morgan fingerprint density at radius 1 is 0.909 bits per heavy atom. The van der Waals surface area contributed by atoms with E-state index in [-0.39, 0.29) is 5.69 Å². The lowest BCUT2D eigenvalue weighted by Crippen LogP contribution is -2.16. The second-order valence-electron chi connectivity index (χ2n) is 4.45. The van der Waals surface area contributed by atoms with Crippen LogP contribution >= 0.6 is 0 Å². The number of carbonyl (C=O) groups is 2. The molecule has 0 aliphatic carbocycles. The molecule has 0 aliphatic rings. The van der Waals surface area contributed by atoms with Gasteiger partial charge in [0.05, 0.1) is 11.3 Å². The van der Waals surface area contributed by atoms with Crippen LogP contribution < -0.4 is 10.6 Å². The summed E-state index contributed by atoms with van der Waals surface area (Å²) in [5, 5.41) is 4.47. The molecule has 2 N–H and O–H groups in total. The Labute approximate surface area is 124 Å². The van der Waals surface area contributed by atoms with E-state index in [1.807, 2.05) is 0 Å². The molecule has 4 nitrogen and oxygen atoms in total. The quantitative estimate of drug-likeness (QED) is 0.914. The summed E-state index contributed by atoms with van der Waals surface area (Å²) in [6.45, 7) is 1.26. The summed E-state index contributed by atoms with van der Waals surface area (Å²) in [5.74, 6) is -3.82. The molecule has 0 aromatic heterocycles. The first-order valence-corrected chi connectivity index (χ1v) is 6.20. The molecule has 2 aromatic rings. The average Bonchev–Trinajstić information content (AvgIpc) is 2.44. The van der Waals surface area contributed by atoms with Crippen LogP contribution in [-0.2, 0) is 4.79 Å². The normalized spacial score (nSPS) is 10.2. The fraction of sp³-hybridized carbons (Fsp3) is 0.0667. The van der Waals surface area contributed by atoms with Crippen molar-refractivity contribution >= 4 is 23.2 Å². The third kappa shape index (κ3) is 3.63. The Hall–Kier alpha value is -2.83. The molecule has 0 heterocycles. The van der Waals surface area contributed by atoms with Gasteiger partial charge in [0.15, 0.2) is 0 Å². The second kappa shape index (κ2) is 6.30. The zero-order valence-electron chi connectivity index (χ0n) is 11.4. The first kappa shape index (κ1) is 15.6. The Bertz CT molecular complexity index is 748. The molecule has 0 aliphatic heterocycles. The molecule has 7 heteroatoms. The Balaban J connectivity index is 2.29. The van der Waals surface area contributed by atoms with Crippen LogP contribution in [0.3, 0.4) is 0 Å². The minimum Gasteiger partial charge on any atom is -0.326 e. The maximum atomic E-state index is 13.7. The molecule has 0 radical (unpaired) electrons. The molecule has 22 heavy (non-hydrogen) atoms. The zero-order chi connectivity index (χ0) is 16.3. The first-order valence-electron chi connectivity index (χ1n) is 6.20. The van der Waals surface area contributed by atoms with Gasteiger partial charge in [-0.1, -0.05) is 0 Å². The molecule has 0 atom stereocenters. The molecule has 2 amide bonds. The lowest BCUT2D eigenvalue weighted by Gasteiger charge is -2.09. The van der Waals surface area contributed by atoms with Crippen LogP contribution in [0.2, 0.25) is 0 Å². The summed E-state index contributed by atoms with van der Waals surface area (Å²) in [6.07, 6.45) is 0. The highest BCUT2D eigenvalue weighted by Gasteiger charge is 2.15. The molecule has 0 fully saturated rings. The van der Waals surface area contributed by atoms with Gasteiger partial charge < -0.3 is 10.6 Å². The number of benzene rings is 2. The van der Waals surface area contributed by atoms with Gasteiger partial charge in [-0.3, -0.25) is 9.59 Å². The Kier molecular flexibility index (Phi) is 4.45. The number of hydrogen-bond acceptors (Lipinski definition) is 2. The predicted octanol–water partition coefficient (Wildman–Crippen LogP) is 3.31. The van der Waals surface area contributed by atoms with Gasteiger partial charge in [-0.15, -0.1) is 0 Å². The standard InChI is InChI=1S/C15H11F3N2O2/c1-8(21)19-10-3-5-12(17)11(7-10)15(22)20-14-6-9(16)2-4-13(14)18/h2-7H,1H3,(H,19,21)(H,20,22). The molecule has 0 saturated heterocycles. The van der Waals surface area contributed by atoms with Crippen molar-refractivity contribution in [3.8, 4) is 0 Å². The minimum atomic E-state index is -0.964. The summed E-state index contributed by atoms with van der Waals surface area (Å²) >= 11 is 0. The maximum Gasteiger partial charge on any atom is 0.258 e. The van der Waals surface area contributed by atoms with Crippen LogP contribution in [0.5, 0.6) is 0 Å². The highest BCUT2D eigenvalue weighted by Crippen LogP contribution is 2.19. The fourth-order valence-electron chi connectivity index (χ4n) is 1.76. The van der Waals surface area contributed by atoms with Crippen LogP contribution in [0.4, 0.5) is 24.5 Å². The number of hydrogen-bond donors (Lipinski definition) is 2. The molecule has 0 bridgehead atoms. The van der Waals surface area contributed by atoms with Crippen LogP contribution in [0, 0.1) is 17.5 Å². The van der Waals surface area contributed by atoms with E-state index in [2.05, 4.69) is 10.6 Å². The predicted molar refractivity (Wildman–Crippen MR) is 75.0 cm³/mol. The van der Waals surface area contributed by atoms with E-state index in [1.54, 1.807) is 0 Å². The van der Waals surface area contributed by atoms with E-state index in [4.69, 9.17) is 0 Å². The molecular formula is C15H11F3N2O2. The summed E-state index contributed by atoms with van der Waals surface area (Å²) in [6, 6.07) is 5.88. The summed E-state index contributed by atoms with van der Waals surface area (Å²) in [4.78, 5) is 22.9. The highest BCUT2D eigenvalue weighted by atomic mass is 19.1. The van der Waals surface area contributed by atoms with Crippen molar-refractivity contribution in [3.05, 3.63) is 59.4 Å². The van der Waals surface area contributed by atoms with Crippen molar-refractivity contribution in [2.75, 3.05) is 10.6 Å². The second-order valence-corrected chi connectivity index (χ2v) is 4.45. The number of nitrogens with one attached hydrogen (secondary N) is 2.